The normalized spacial score (nSPS) is 19.0. The number of nitrogens with zero attached hydrogens (tertiary/aromatic N) is 4. The van der Waals surface area contributed by atoms with E-state index in [1.54, 1.807) is 18.0 Å². The van der Waals surface area contributed by atoms with Crippen LogP contribution in [0.15, 0.2) is 114 Å². The van der Waals surface area contributed by atoms with Crippen LogP contribution in [0.5, 0.6) is 5.75 Å². The van der Waals surface area contributed by atoms with Crippen LogP contribution in [-0.2, 0) is 32.1 Å². The van der Waals surface area contributed by atoms with E-state index in [-0.39, 0.29) is 29.9 Å². The molecule has 4 amide bonds. The summed E-state index contributed by atoms with van der Waals surface area (Å²) in [6.45, 7) is 3.80. The van der Waals surface area contributed by atoms with E-state index in [0.29, 0.717) is 44.2 Å². The maximum atomic E-state index is 14.2. The quantitative estimate of drug-likeness (QED) is 0.0942. The molecule has 5 aromatic rings. The fourth-order valence-electron chi connectivity index (χ4n) is 8.73. The zero-order valence-corrected chi connectivity index (χ0v) is 36.3. The van der Waals surface area contributed by atoms with Crippen LogP contribution in [0.4, 0.5) is 9.59 Å². The maximum absolute atomic E-state index is 14.2. The van der Waals surface area contributed by atoms with Crippen LogP contribution in [0.25, 0.3) is 22.4 Å². The third-order valence-corrected chi connectivity index (χ3v) is 12.2. The Hall–Kier alpha value is -7.16. The van der Waals surface area contributed by atoms with Crippen LogP contribution >= 0.6 is 0 Å². The summed E-state index contributed by atoms with van der Waals surface area (Å²) in [4.78, 5) is 68.0. The molecular formula is C49H54N8O7. The zero-order chi connectivity index (χ0) is 44.6. The number of hydrogen-bond donors (Lipinski definition) is 4. The molecule has 15 nitrogen and oxygen atoms in total. The summed E-state index contributed by atoms with van der Waals surface area (Å²) in [6.07, 6.45) is 4.00. The number of hydrogen-bond acceptors (Lipinski definition) is 10. The van der Waals surface area contributed by atoms with Gasteiger partial charge in [-0.2, -0.15) is 0 Å². The van der Waals surface area contributed by atoms with Crippen molar-refractivity contribution < 1.29 is 33.4 Å². The topological polar surface area (TPSA) is 180 Å². The molecule has 332 valence electrons. The van der Waals surface area contributed by atoms with Crippen molar-refractivity contribution in [3.05, 3.63) is 132 Å². The molecule has 5 atom stereocenters. The number of carbonyl (C=O) groups excluding carboxylic acids is 4. The predicted octanol–water partition coefficient (Wildman–Crippen LogP) is 6.73. The van der Waals surface area contributed by atoms with Gasteiger partial charge in [-0.1, -0.05) is 91.0 Å². The summed E-state index contributed by atoms with van der Waals surface area (Å²) in [5.74, 6) is 1.86. The van der Waals surface area contributed by atoms with Crippen LogP contribution in [0.1, 0.15) is 67.2 Å². The molecule has 0 spiro atoms. The first-order valence-corrected chi connectivity index (χ1v) is 21.8. The standard InChI is InChI=1S/C49H54N8O7/c1-31(52-48(60)62-2)46(58)56-25-7-11-42(56)44-50-28-40(53-44)36-19-15-34(16-20-36)35-17-21-37(22-18-35)41-29-51-45(54-41)43-12-8-26-57(43)47(59)39(55-49(61)63-3)27-32-13-23-38(24-14-32)64-30-33-9-5-4-6-10-33/h4-6,9-10,13-24,28,31,39,41-43H,7-8,11-12,25-27,29-30H2,1-3H3,(H,50,53)(H,51,54)(H,52,60)(H,55,61)/t31-,39-,41?,42-,43-/m0/s1. The predicted molar refractivity (Wildman–Crippen MR) is 241 cm³/mol. The Bertz CT molecular complexity index is 2440. The Kier molecular flexibility index (Phi) is 13.5. The Labute approximate surface area is 372 Å². The van der Waals surface area contributed by atoms with Gasteiger partial charge in [0.15, 0.2) is 0 Å². The number of methoxy groups -OCH3 is 2. The molecule has 0 bridgehead atoms. The first-order valence-electron chi connectivity index (χ1n) is 21.8. The van der Waals surface area contributed by atoms with Crippen molar-refractivity contribution in [3.8, 4) is 28.1 Å². The first-order chi connectivity index (χ1) is 31.2. The molecule has 1 aromatic heterocycles. The van der Waals surface area contributed by atoms with Gasteiger partial charge in [0.1, 0.15) is 36.1 Å². The molecule has 0 saturated carbocycles. The second-order valence-corrected chi connectivity index (χ2v) is 16.4. The minimum absolute atomic E-state index is 0.0384. The van der Waals surface area contributed by atoms with Crippen molar-refractivity contribution >= 4 is 29.8 Å². The summed E-state index contributed by atoms with van der Waals surface area (Å²) in [6, 6.07) is 32.2. The number of aliphatic imine (C=N–C) groups is 1. The molecule has 4 aromatic carbocycles. The molecule has 0 aliphatic carbocycles. The number of amides is 4. The number of nitrogens with one attached hydrogen (secondary N) is 4. The van der Waals surface area contributed by atoms with E-state index >= 15 is 0 Å². The van der Waals surface area contributed by atoms with E-state index in [1.807, 2.05) is 59.5 Å². The van der Waals surface area contributed by atoms with E-state index in [2.05, 4.69) is 79.2 Å². The van der Waals surface area contributed by atoms with E-state index in [9.17, 15) is 19.2 Å². The van der Waals surface area contributed by atoms with Crippen molar-refractivity contribution in [3.63, 3.8) is 0 Å². The fraction of sp³-hybridized carbons (Fsp3) is 0.347. The van der Waals surface area contributed by atoms with Gasteiger partial charge < -0.3 is 44.9 Å². The van der Waals surface area contributed by atoms with Crippen LogP contribution in [-0.4, -0.2) is 102 Å². The van der Waals surface area contributed by atoms with Gasteiger partial charge in [-0.05, 0) is 78.1 Å². The molecule has 8 rings (SSSR count). The van der Waals surface area contributed by atoms with Crippen LogP contribution in [0, 0.1) is 0 Å². The van der Waals surface area contributed by atoms with E-state index < -0.39 is 24.3 Å². The maximum Gasteiger partial charge on any atom is 0.407 e. The monoisotopic (exact) mass is 866 g/mol. The molecule has 2 saturated heterocycles. The van der Waals surface area contributed by atoms with Crippen LogP contribution in [0.3, 0.4) is 0 Å². The number of alkyl carbamates (subject to hydrolysis) is 2. The van der Waals surface area contributed by atoms with Gasteiger partial charge in [-0.3, -0.25) is 14.6 Å². The number of rotatable bonds is 14. The molecule has 2 fully saturated rings. The summed E-state index contributed by atoms with van der Waals surface area (Å²) in [7, 11) is 2.56. The van der Waals surface area contributed by atoms with Crippen molar-refractivity contribution in [2.45, 2.75) is 75.8 Å². The van der Waals surface area contributed by atoms with Crippen molar-refractivity contribution in [1.82, 2.24) is 35.7 Å². The molecule has 64 heavy (non-hydrogen) atoms. The summed E-state index contributed by atoms with van der Waals surface area (Å²) in [5, 5.41) is 8.96. The number of carbonyl (C=O) groups is 4. The fourth-order valence-corrected chi connectivity index (χ4v) is 8.73. The van der Waals surface area contributed by atoms with Crippen LogP contribution in [0.2, 0.25) is 0 Å². The van der Waals surface area contributed by atoms with Crippen molar-refractivity contribution in [2.75, 3.05) is 33.9 Å². The molecule has 4 N–H and O–H groups in total. The number of likely N-dealkylation sites (tertiary alicyclic amines) is 2. The van der Waals surface area contributed by atoms with Gasteiger partial charge in [-0.15, -0.1) is 0 Å². The van der Waals surface area contributed by atoms with Gasteiger partial charge in [0.25, 0.3) is 0 Å². The highest BCUT2D eigenvalue weighted by Crippen LogP contribution is 2.33. The second-order valence-electron chi connectivity index (χ2n) is 16.4. The third kappa shape index (κ3) is 10.0. The Morgan fingerprint density at radius 3 is 2.05 bits per heavy atom. The summed E-state index contributed by atoms with van der Waals surface area (Å²) < 4.78 is 15.5. The lowest BCUT2D eigenvalue weighted by Gasteiger charge is -2.30. The lowest BCUT2D eigenvalue weighted by molar-refractivity contribution is -0.134. The molecule has 1 unspecified atom stereocenters. The van der Waals surface area contributed by atoms with Gasteiger partial charge in [0.05, 0.1) is 50.8 Å². The smallest absolute Gasteiger partial charge is 0.407 e. The lowest BCUT2D eigenvalue weighted by Crippen LogP contribution is -2.53. The van der Waals surface area contributed by atoms with Gasteiger partial charge in [0, 0.05) is 19.5 Å². The number of benzene rings is 4. The average molecular weight is 867 g/mol. The highest BCUT2D eigenvalue weighted by molar-refractivity contribution is 5.95. The van der Waals surface area contributed by atoms with E-state index in [1.165, 1.54) is 14.2 Å². The number of ether oxygens (including phenoxy) is 3. The minimum Gasteiger partial charge on any atom is -0.489 e. The van der Waals surface area contributed by atoms with Gasteiger partial charge in [-0.25, -0.2) is 14.6 Å². The highest BCUT2D eigenvalue weighted by atomic mass is 16.5. The number of H-pyrrole nitrogens is 1. The number of amidine groups is 1. The molecule has 3 aliphatic heterocycles. The number of imidazole rings is 1. The third-order valence-electron chi connectivity index (χ3n) is 12.2. The van der Waals surface area contributed by atoms with Gasteiger partial charge in [0.2, 0.25) is 11.8 Å². The molecular weight excluding hydrogens is 813 g/mol. The Balaban J connectivity index is 0.862. The first kappa shape index (κ1) is 43.5. The Morgan fingerprint density at radius 2 is 1.36 bits per heavy atom. The molecule has 4 heterocycles. The summed E-state index contributed by atoms with van der Waals surface area (Å²) in [5.41, 5.74) is 7.01. The largest absolute Gasteiger partial charge is 0.489 e. The molecule has 3 aliphatic rings. The number of aromatic amines is 1. The molecule has 0 radical (unpaired) electrons. The average Bonchev–Trinajstić information content (AvgIpc) is 4.19. The van der Waals surface area contributed by atoms with E-state index in [4.69, 9.17) is 14.5 Å². The SMILES string of the molecule is COC(=O)N[C@@H](C)C(=O)N1CCC[C@H]1c1ncc(-c2ccc(-c3ccc(C4CN=C([C@@H]5CCCN5C(=O)[C@H](Cc5ccc(OCc6ccccc6)cc5)NC(=O)OC)N4)cc3)cc2)[nH]1. The van der Waals surface area contributed by atoms with Crippen molar-refractivity contribution in [2.24, 2.45) is 4.99 Å². The Morgan fingerprint density at radius 1 is 0.734 bits per heavy atom. The van der Waals surface area contributed by atoms with Crippen LogP contribution < -0.4 is 20.7 Å². The second kappa shape index (κ2) is 19.9. The van der Waals surface area contributed by atoms with Gasteiger partial charge >= 0.3 is 12.2 Å². The highest BCUT2D eigenvalue weighted by Gasteiger charge is 2.39. The van der Waals surface area contributed by atoms with E-state index in [0.717, 1.165) is 70.6 Å². The number of aromatic nitrogens is 2. The summed E-state index contributed by atoms with van der Waals surface area (Å²) >= 11 is 0. The van der Waals surface area contributed by atoms with Crippen molar-refractivity contribution in [1.29, 1.82) is 0 Å². The zero-order valence-electron chi connectivity index (χ0n) is 36.3. The molecule has 15 heteroatoms. The minimum atomic E-state index is -0.825. The lowest BCUT2D eigenvalue weighted by atomic mass is 9.99.